The van der Waals surface area contributed by atoms with E-state index in [-0.39, 0.29) is 35.6 Å². The van der Waals surface area contributed by atoms with Gasteiger partial charge in [-0.05, 0) is 50.6 Å². The maximum Gasteiger partial charge on any atom is 0.339 e. The fraction of sp³-hybridized carbons (Fsp3) is 0.323. The summed E-state index contributed by atoms with van der Waals surface area (Å²) in [4.78, 5) is 40.0. The van der Waals surface area contributed by atoms with E-state index in [4.69, 9.17) is 4.74 Å². The van der Waals surface area contributed by atoms with Gasteiger partial charge in [0, 0.05) is 49.6 Å². The summed E-state index contributed by atoms with van der Waals surface area (Å²) in [6.45, 7) is 6.33. The highest BCUT2D eigenvalue weighted by molar-refractivity contribution is 6.08. The van der Waals surface area contributed by atoms with E-state index in [1.807, 2.05) is 24.0 Å². The van der Waals surface area contributed by atoms with Crippen LogP contribution < -0.4 is 20.7 Å². The van der Waals surface area contributed by atoms with Gasteiger partial charge in [0.2, 0.25) is 11.8 Å². The van der Waals surface area contributed by atoms with Crippen molar-refractivity contribution in [1.82, 2.24) is 10.2 Å². The summed E-state index contributed by atoms with van der Waals surface area (Å²) >= 11 is 0. The van der Waals surface area contributed by atoms with Crippen molar-refractivity contribution in [3.63, 3.8) is 0 Å². The van der Waals surface area contributed by atoms with E-state index < -0.39 is 23.4 Å². The third-order valence-corrected chi connectivity index (χ3v) is 7.95. The van der Waals surface area contributed by atoms with Crippen LogP contribution in [0.3, 0.4) is 0 Å². The first kappa shape index (κ1) is 28.1. The molecule has 2 aliphatic rings. The van der Waals surface area contributed by atoms with Crippen molar-refractivity contribution in [3.05, 3.63) is 83.2 Å². The van der Waals surface area contributed by atoms with Gasteiger partial charge in [0.15, 0.2) is 0 Å². The zero-order valence-electron chi connectivity index (χ0n) is 23.2. The van der Waals surface area contributed by atoms with E-state index in [1.165, 1.54) is 25.1 Å². The number of rotatable bonds is 8. The Bertz CT molecular complexity index is 1500. The number of amides is 2. The number of carboxylic acids is 1. The van der Waals surface area contributed by atoms with Crippen molar-refractivity contribution in [3.8, 4) is 11.5 Å². The molecule has 10 heteroatoms. The Balaban J connectivity index is 1.53. The molecule has 3 aromatic carbocycles. The molecule has 2 amide bonds. The predicted molar refractivity (Wildman–Crippen MR) is 153 cm³/mol. The van der Waals surface area contributed by atoms with E-state index in [2.05, 4.69) is 16.0 Å². The van der Waals surface area contributed by atoms with Gasteiger partial charge < -0.3 is 25.8 Å². The standard InChI is InChI=1S/C31H33FN4O5/c1-4-33-25-16-19(32)15-24-27(25)35-30(40)31(24,3)36-14-13-21(26(17-36)34-18(2)37)22-11-8-12-23(29(38)39)28(22)41-20-9-6-5-7-10-20/h5-12,15-16,21,26,33H,4,13-14,17H2,1-3H3,(H,34,37)(H,35,40)(H,38,39). The van der Waals surface area contributed by atoms with Gasteiger partial charge in [-0.2, -0.15) is 0 Å². The van der Waals surface area contributed by atoms with Gasteiger partial charge in [0.05, 0.1) is 11.4 Å². The summed E-state index contributed by atoms with van der Waals surface area (Å²) < 4.78 is 20.9. The average Bonchev–Trinajstić information content (AvgIpc) is 3.20. The average molecular weight is 561 g/mol. The van der Waals surface area contributed by atoms with Crippen LogP contribution in [0.1, 0.15) is 54.6 Å². The number of nitrogens with one attached hydrogen (secondary N) is 3. The van der Waals surface area contributed by atoms with E-state index in [0.717, 1.165) is 0 Å². The highest BCUT2D eigenvalue weighted by Gasteiger charge is 2.51. The van der Waals surface area contributed by atoms with Crippen LogP contribution >= 0.6 is 0 Å². The Morgan fingerprint density at radius 3 is 2.61 bits per heavy atom. The largest absolute Gasteiger partial charge is 0.478 e. The molecular weight excluding hydrogens is 527 g/mol. The number of benzene rings is 3. The fourth-order valence-electron chi connectivity index (χ4n) is 6.00. The number of hydrogen-bond donors (Lipinski definition) is 4. The molecule has 0 radical (unpaired) electrons. The van der Waals surface area contributed by atoms with Crippen molar-refractivity contribution < 1.29 is 28.6 Å². The van der Waals surface area contributed by atoms with Crippen LogP contribution in [0, 0.1) is 5.82 Å². The topological polar surface area (TPSA) is 120 Å². The molecule has 0 aromatic heterocycles. The van der Waals surface area contributed by atoms with Gasteiger partial charge in [-0.15, -0.1) is 0 Å². The molecule has 0 aliphatic carbocycles. The lowest BCUT2D eigenvalue weighted by Crippen LogP contribution is -2.59. The van der Waals surface area contributed by atoms with Gasteiger partial charge in [-0.3, -0.25) is 14.5 Å². The lowest BCUT2D eigenvalue weighted by molar-refractivity contribution is -0.128. The van der Waals surface area contributed by atoms with Crippen molar-refractivity contribution in [2.75, 3.05) is 30.3 Å². The zero-order chi connectivity index (χ0) is 29.3. The number of para-hydroxylation sites is 2. The molecular formula is C31H33FN4O5. The first-order chi connectivity index (χ1) is 19.6. The van der Waals surface area contributed by atoms with Crippen LogP contribution in [-0.4, -0.2) is 53.5 Å². The van der Waals surface area contributed by atoms with E-state index >= 15 is 0 Å². The Morgan fingerprint density at radius 2 is 1.93 bits per heavy atom. The number of aromatic carboxylic acids is 1. The van der Waals surface area contributed by atoms with Crippen LogP contribution in [-0.2, 0) is 15.1 Å². The highest BCUT2D eigenvalue weighted by atomic mass is 19.1. The minimum absolute atomic E-state index is 0.0119. The first-order valence-electron chi connectivity index (χ1n) is 13.6. The number of piperidine rings is 1. The maximum atomic E-state index is 14.7. The van der Waals surface area contributed by atoms with Crippen LogP contribution in [0.4, 0.5) is 15.8 Å². The Morgan fingerprint density at radius 1 is 1.17 bits per heavy atom. The molecule has 4 N–H and O–H groups in total. The van der Waals surface area contributed by atoms with Gasteiger partial charge in [-0.1, -0.05) is 30.3 Å². The molecule has 3 unspecified atom stereocenters. The Labute approximate surface area is 237 Å². The number of anilines is 2. The van der Waals surface area contributed by atoms with Crippen LogP contribution in [0.5, 0.6) is 11.5 Å². The fourth-order valence-corrected chi connectivity index (χ4v) is 6.00. The van der Waals surface area contributed by atoms with Crippen molar-refractivity contribution >= 4 is 29.2 Å². The second-order valence-corrected chi connectivity index (χ2v) is 10.5. The SMILES string of the molecule is CCNc1cc(F)cc2c1NC(=O)C2(C)N1CCC(c2cccc(C(=O)O)c2Oc2ccccc2)C(NC(C)=O)C1. The summed E-state index contributed by atoms with van der Waals surface area (Å²) in [5, 5.41) is 19.0. The van der Waals surface area contributed by atoms with Crippen LogP contribution in [0.2, 0.25) is 0 Å². The minimum atomic E-state index is -1.18. The maximum absolute atomic E-state index is 14.7. The van der Waals surface area contributed by atoms with Crippen molar-refractivity contribution in [1.29, 1.82) is 0 Å². The number of ether oxygens (including phenoxy) is 1. The summed E-state index contributed by atoms with van der Waals surface area (Å²) in [6.07, 6.45) is 0.479. The predicted octanol–water partition coefficient (Wildman–Crippen LogP) is 4.91. The van der Waals surface area contributed by atoms with Crippen LogP contribution in [0.15, 0.2) is 60.7 Å². The molecule has 0 spiro atoms. The molecule has 1 fully saturated rings. The number of likely N-dealkylation sites (tertiary alicyclic amines) is 1. The monoisotopic (exact) mass is 560 g/mol. The number of carbonyl (C=O) groups excluding carboxylic acids is 2. The van der Waals surface area contributed by atoms with Gasteiger partial charge in [0.1, 0.15) is 28.4 Å². The van der Waals surface area contributed by atoms with Gasteiger partial charge >= 0.3 is 5.97 Å². The van der Waals surface area contributed by atoms with E-state index in [9.17, 15) is 23.9 Å². The third-order valence-electron chi connectivity index (χ3n) is 7.95. The molecule has 0 saturated carbocycles. The molecule has 2 aliphatic heterocycles. The molecule has 0 bridgehead atoms. The zero-order valence-corrected chi connectivity index (χ0v) is 23.2. The number of nitrogens with zero attached hydrogens (tertiary/aromatic N) is 1. The smallest absolute Gasteiger partial charge is 0.339 e. The minimum Gasteiger partial charge on any atom is -0.478 e. The number of fused-ring (bicyclic) bond motifs is 1. The molecule has 3 aromatic rings. The molecule has 2 heterocycles. The van der Waals surface area contributed by atoms with Crippen LogP contribution in [0.25, 0.3) is 0 Å². The van der Waals surface area contributed by atoms with E-state index in [0.29, 0.717) is 47.8 Å². The molecule has 1 saturated heterocycles. The molecule has 3 atom stereocenters. The van der Waals surface area contributed by atoms with Gasteiger partial charge in [0.25, 0.3) is 0 Å². The lowest BCUT2D eigenvalue weighted by atomic mass is 9.80. The number of hydrogen-bond acceptors (Lipinski definition) is 6. The second-order valence-electron chi connectivity index (χ2n) is 10.5. The Kier molecular flexibility index (Phi) is 7.68. The second kappa shape index (κ2) is 11.2. The molecule has 214 valence electrons. The van der Waals surface area contributed by atoms with Gasteiger partial charge in [-0.25, -0.2) is 9.18 Å². The number of halogens is 1. The first-order valence-corrected chi connectivity index (χ1v) is 13.6. The lowest BCUT2D eigenvalue weighted by Gasteiger charge is -2.45. The third kappa shape index (κ3) is 5.22. The van der Waals surface area contributed by atoms with Crippen molar-refractivity contribution in [2.24, 2.45) is 0 Å². The molecule has 9 nitrogen and oxygen atoms in total. The van der Waals surface area contributed by atoms with Crippen molar-refractivity contribution in [2.45, 2.75) is 44.7 Å². The normalized spacial score (nSPS) is 22.0. The molecule has 41 heavy (non-hydrogen) atoms. The Hall–Kier alpha value is -4.44. The quantitative estimate of drug-likeness (QED) is 0.309. The summed E-state index contributed by atoms with van der Waals surface area (Å²) in [6, 6.07) is 16.2. The van der Waals surface area contributed by atoms with E-state index in [1.54, 1.807) is 37.3 Å². The highest BCUT2D eigenvalue weighted by Crippen LogP contribution is 2.47. The number of carbonyl (C=O) groups is 3. The summed E-state index contributed by atoms with van der Waals surface area (Å²) in [7, 11) is 0. The molecule has 5 rings (SSSR count). The summed E-state index contributed by atoms with van der Waals surface area (Å²) in [5.41, 5.74) is 1.06. The number of carboxylic acid groups (broad SMARTS) is 1. The summed E-state index contributed by atoms with van der Waals surface area (Å²) in [5.74, 6) is -1.73.